The van der Waals surface area contributed by atoms with Crippen molar-refractivity contribution < 1.29 is 0 Å². The Morgan fingerprint density at radius 1 is 1.73 bits per heavy atom. The quantitative estimate of drug-likeness (QED) is 0.736. The SMILES string of the molecule is CCNC(C)Cc1nncs1. The first-order valence-electron chi connectivity index (χ1n) is 3.81. The minimum atomic E-state index is 0.507. The molecule has 1 heterocycles. The lowest BCUT2D eigenvalue weighted by Gasteiger charge is -2.08. The molecule has 0 aliphatic heterocycles. The van der Waals surface area contributed by atoms with Crippen LogP contribution in [0.15, 0.2) is 5.51 Å². The average Bonchev–Trinajstić information content (AvgIpc) is 2.40. The molecule has 0 saturated carbocycles. The van der Waals surface area contributed by atoms with E-state index in [4.69, 9.17) is 0 Å². The Morgan fingerprint density at radius 2 is 2.55 bits per heavy atom. The molecule has 3 nitrogen and oxygen atoms in total. The Hall–Kier alpha value is -0.480. The number of aromatic nitrogens is 2. The first-order valence-corrected chi connectivity index (χ1v) is 4.69. The fourth-order valence-electron chi connectivity index (χ4n) is 0.967. The van der Waals surface area contributed by atoms with Gasteiger partial charge in [-0.05, 0) is 13.5 Å². The van der Waals surface area contributed by atoms with Crippen LogP contribution in [0.25, 0.3) is 0 Å². The first kappa shape index (κ1) is 8.62. The van der Waals surface area contributed by atoms with Crippen molar-refractivity contribution in [2.24, 2.45) is 0 Å². The lowest BCUT2D eigenvalue weighted by atomic mass is 10.2. The molecule has 4 heteroatoms. The van der Waals surface area contributed by atoms with Gasteiger partial charge in [0.1, 0.15) is 10.5 Å². The van der Waals surface area contributed by atoms with Crippen LogP contribution in [0.5, 0.6) is 0 Å². The molecule has 0 radical (unpaired) electrons. The van der Waals surface area contributed by atoms with E-state index in [9.17, 15) is 0 Å². The minimum Gasteiger partial charge on any atom is -0.314 e. The maximum Gasteiger partial charge on any atom is 0.118 e. The molecule has 1 aromatic rings. The van der Waals surface area contributed by atoms with Crippen molar-refractivity contribution in [3.05, 3.63) is 10.5 Å². The Bertz CT molecular complexity index is 186. The summed E-state index contributed by atoms with van der Waals surface area (Å²) in [5.41, 5.74) is 1.77. The van der Waals surface area contributed by atoms with Gasteiger partial charge in [0.2, 0.25) is 0 Å². The van der Waals surface area contributed by atoms with Gasteiger partial charge in [0, 0.05) is 12.5 Å². The molecule has 0 aliphatic carbocycles. The summed E-state index contributed by atoms with van der Waals surface area (Å²) in [5, 5.41) is 12.2. The average molecular weight is 171 g/mol. The highest BCUT2D eigenvalue weighted by Gasteiger charge is 2.03. The maximum atomic E-state index is 3.97. The van der Waals surface area contributed by atoms with E-state index >= 15 is 0 Å². The first-order chi connectivity index (χ1) is 5.33. The molecule has 0 amide bonds. The van der Waals surface area contributed by atoms with Crippen LogP contribution in [0.3, 0.4) is 0 Å². The van der Waals surface area contributed by atoms with Crippen LogP contribution < -0.4 is 5.32 Å². The van der Waals surface area contributed by atoms with Crippen LogP contribution in [0.2, 0.25) is 0 Å². The molecule has 0 aliphatic rings. The van der Waals surface area contributed by atoms with Gasteiger partial charge in [-0.15, -0.1) is 21.5 Å². The predicted molar refractivity (Wildman–Crippen MR) is 46.8 cm³/mol. The third-order valence-electron chi connectivity index (χ3n) is 1.44. The van der Waals surface area contributed by atoms with Gasteiger partial charge >= 0.3 is 0 Å². The Labute approximate surface area is 70.9 Å². The molecular formula is C7H13N3S. The van der Waals surface area contributed by atoms with Crippen molar-refractivity contribution in [3.8, 4) is 0 Å². The predicted octanol–water partition coefficient (Wildman–Crippen LogP) is 1.08. The minimum absolute atomic E-state index is 0.507. The van der Waals surface area contributed by atoms with Crippen LogP contribution >= 0.6 is 11.3 Å². The third kappa shape index (κ3) is 2.95. The number of likely N-dealkylation sites (N-methyl/N-ethyl adjacent to an activating group) is 1. The number of nitrogens with one attached hydrogen (secondary N) is 1. The Kier molecular flexibility index (Phi) is 3.45. The number of nitrogens with zero attached hydrogens (tertiary/aromatic N) is 2. The number of hydrogen-bond acceptors (Lipinski definition) is 4. The van der Waals surface area contributed by atoms with Gasteiger partial charge in [-0.25, -0.2) is 0 Å². The fourth-order valence-corrected chi connectivity index (χ4v) is 1.62. The van der Waals surface area contributed by atoms with E-state index in [1.165, 1.54) is 0 Å². The molecule has 0 saturated heterocycles. The van der Waals surface area contributed by atoms with E-state index in [1.807, 2.05) is 0 Å². The lowest BCUT2D eigenvalue weighted by molar-refractivity contribution is 0.562. The van der Waals surface area contributed by atoms with Crippen molar-refractivity contribution >= 4 is 11.3 Å². The highest BCUT2D eigenvalue weighted by Crippen LogP contribution is 2.04. The van der Waals surface area contributed by atoms with Crippen LogP contribution in [0, 0.1) is 0 Å². The molecule has 1 unspecified atom stereocenters. The van der Waals surface area contributed by atoms with E-state index in [2.05, 4.69) is 29.4 Å². The number of rotatable bonds is 4. The smallest absolute Gasteiger partial charge is 0.118 e. The normalized spacial score (nSPS) is 13.3. The van der Waals surface area contributed by atoms with Crippen molar-refractivity contribution in [1.82, 2.24) is 15.5 Å². The zero-order valence-electron chi connectivity index (χ0n) is 6.87. The van der Waals surface area contributed by atoms with Gasteiger partial charge in [0.05, 0.1) is 0 Å². The molecule has 11 heavy (non-hydrogen) atoms. The summed E-state index contributed by atoms with van der Waals surface area (Å²) in [7, 11) is 0. The van der Waals surface area contributed by atoms with Gasteiger partial charge in [0.25, 0.3) is 0 Å². The van der Waals surface area contributed by atoms with Crippen molar-refractivity contribution in [3.63, 3.8) is 0 Å². The van der Waals surface area contributed by atoms with Crippen molar-refractivity contribution in [2.45, 2.75) is 26.3 Å². The zero-order chi connectivity index (χ0) is 8.10. The second kappa shape index (κ2) is 4.41. The maximum absolute atomic E-state index is 3.97. The van der Waals surface area contributed by atoms with Gasteiger partial charge < -0.3 is 5.32 Å². The summed E-state index contributed by atoms with van der Waals surface area (Å²) >= 11 is 1.61. The van der Waals surface area contributed by atoms with Crippen LogP contribution in [0.1, 0.15) is 18.9 Å². The van der Waals surface area contributed by atoms with Gasteiger partial charge in [0.15, 0.2) is 0 Å². The largest absolute Gasteiger partial charge is 0.314 e. The standard InChI is InChI=1S/C7H13N3S/c1-3-8-6(2)4-7-10-9-5-11-7/h5-6,8H,3-4H2,1-2H3. The molecule has 1 rings (SSSR count). The van der Waals surface area contributed by atoms with Crippen LogP contribution in [-0.2, 0) is 6.42 Å². The van der Waals surface area contributed by atoms with E-state index in [-0.39, 0.29) is 0 Å². The number of hydrogen-bond donors (Lipinski definition) is 1. The summed E-state index contributed by atoms with van der Waals surface area (Å²) < 4.78 is 0. The van der Waals surface area contributed by atoms with Gasteiger partial charge in [-0.3, -0.25) is 0 Å². The molecule has 0 aromatic carbocycles. The second-order valence-corrected chi connectivity index (χ2v) is 3.41. The van der Waals surface area contributed by atoms with Crippen molar-refractivity contribution in [2.75, 3.05) is 6.54 Å². The summed E-state index contributed by atoms with van der Waals surface area (Å²) in [6, 6.07) is 0.507. The third-order valence-corrected chi connectivity index (χ3v) is 2.16. The van der Waals surface area contributed by atoms with E-state index in [0.717, 1.165) is 18.0 Å². The van der Waals surface area contributed by atoms with E-state index < -0.39 is 0 Å². The highest BCUT2D eigenvalue weighted by molar-refractivity contribution is 7.09. The van der Waals surface area contributed by atoms with E-state index in [0.29, 0.717) is 6.04 Å². The lowest BCUT2D eigenvalue weighted by Crippen LogP contribution is -2.27. The van der Waals surface area contributed by atoms with Gasteiger partial charge in [-0.1, -0.05) is 6.92 Å². The molecule has 0 spiro atoms. The molecule has 1 atom stereocenters. The monoisotopic (exact) mass is 171 g/mol. The molecule has 62 valence electrons. The molecular weight excluding hydrogens is 158 g/mol. The Balaban J connectivity index is 2.31. The molecule has 0 bridgehead atoms. The highest BCUT2D eigenvalue weighted by atomic mass is 32.1. The summed E-state index contributed by atoms with van der Waals surface area (Å²) in [4.78, 5) is 0. The van der Waals surface area contributed by atoms with Crippen molar-refractivity contribution in [1.29, 1.82) is 0 Å². The van der Waals surface area contributed by atoms with E-state index in [1.54, 1.807) is 16.8 Å². The molecule has 1 aromatic heterocycles. The molecule has 0 fully saturated rings. The second-order valence-electron chi connectivity index (χ2n) is 2.50. The zero-order valence-corrected chi connectivity index (χ0v) is 7.69. The summed E-state index contributed by atoms with van der Waals surface area (Å²) in [6.45, 7) is 5.28. The molecule has 1 N–H and O–H groups in total. The van der Waals surface area contributed by atoms with Crippen LogP contribution in [0.4, 0.5) is 0 Å². The summed E-state index contributed by atoms with van der Waals surface area (Å²) in [5.74, 6) is 0. The Morgan fingerprint density at radius 3 is 3.09 bits per heavy atom. The fraction of sp³-hybridized carbons (Fsp3) is 0.714. The van der Waals surface area contributed by atoms with Crippen LogP contribution in [-0.4, -0.2) is 22.8 Å². The topological polar surface area (TPSA) is 37.8 Å². The van der Waals surface area contributed by atoms with Gasteiger partial charge in [-0.2, -0.15) is 0 Å². The summed E-state index contributed by atoms with van der Waals surface area (Å²) in [6.07, 6.45) is 0.985.